The van der Waals surface area contributed by atoms with E-state index in [0.29, 0.717) is 6.54 Å². The van der Waals surface area contributed by atoms with Gasteiger partial charge in [-0.3, -0.25) is 4.98 Å². The van der Waals surface area contributed by atoms with Crippen LogP contribution in [0.2, 0.25) is 0 Å². The number of sulfonamides is 1. The van der Waals surface area contributed by atoms with Crippen LogP contribution in [0.15, 0.2) is 29.4 Å². The molecule has 1 aromatic heterocycles. The van der Waals surface area contributed by atoms with Gasteiger partial charge >= 0.3 is 0 Å². The van der Waals surface area contributed by atoms with E-state index in [9.17, 15) is 8.42 Å². The van der Waals surface area contributed by atoms with Gasteiger partial charge in [-0.05, 0) is 25.1 Å². The van der Waals surface area contributed by atoms with Gasteiger partial charge in [-0.1, -0.05) is 0 Å². The molecule has 6 heteroatoms. The summed E-state index contributed by atoms with van der Waals surface area (Å²) in [7, 11) is -3.40. The largest absolute Gasteiger partial charge is 0.315 e. The van der Waals surface area contributed by atoms with Crippen LogP contribution >= 0.6 is 0 Å². The van der Waals surface area contributed by atoms with Gasteiger partial charge in [-0.2, -0.15) is 0 Å². The molecule has 1 aromatic rings. The van der Waals surface area contributed by atoms with E-state index in [4.69, 9.17) is 0 Å². The van der Waals surface area contributed by atoms with Crippen LogP contribution in [0.5, 0.6) is 0 Å². The molecule has 0 saturated carbocycles. The van der Waals surface area contributed by atoms with Gasteiger partial charge in [0.05, 0.1) is 0 Å². The van der Waals surface area contributed by atoms with E-state index in [-0.39, 0.29) is 10.9 Å². The molecule has 0 unspecified atom stereocenters. The van der Waals surface area contributed by atoms with Crippen molar-refractivity contribution in [2.45, 2.75) is 17.4 Å². The average Bonchev–Trinajstić information content (AvgIpc) is 2.71. The molecule has 2 N–H and O–H groups in total. The zero-order valence-corrected chi connectivity index (χ0v) is 9.00. The lowest BCUT2D eigenvalue weighted by Crippen LogP contribution is -2.36. The summed E-state index contributed by atoms with van der Waals surface area (Å²) in [5, 5.41) is 3.10. The summed E-state index contributed by atoms with van der Waals surface area (Å²) in [5.74, 6) is 0. The minimum Gasteiger partial charge on any atom is -0.315 e. The highest BCUT2D eigenvalue weighted by molar-refractivity contribution is 7.89. The fourth-order valence-corrected chi connectivity index (χ4v) is 2.78. The molecule has 0 bridgehead atoms. The molecule has 2 heterocycles. The van der Waals surface area contributed by atoms with Crippen LogP contribution in [0.3, 0.4) is 0 Å². The SMILES string of the molecule is O=S(=O)(N[C@@H]1CCNC1)c1cccnc1. The normalized spacial score (nSPS) is 21.7. The van der Waals surface area contributed by atoms with E-state index in [1.54, 1.807) is 12.3 Å². The maximum atomic E-state index is 11.8. The smallest absolute Gasteiger partial charge is 0.242 e. The lowest BCUT2D eigenvalue weighted by atomic mass is 10.3. The van der Waals surface area contributed by atoms with Gasteiger partial charge in [-0.25, -0.2) is 13.1 Å². The number of nitrogens with one attached hydrogen (secondary N) is 2. The lowest BCUT2D eigenvalue weighted by Gasteiger charge is -2.11. The van der Waals surface area contributed by atoms with Crippen molar-refractivity contribution in [2.75, 3.05) is 13.1 Å². The third-order valence-corrected chi connectivity index (χ3v) is 3.83. The van der Waals surface area contributed by atoms with Gasteiger partial charge < -0.3 is 5.32 Å². The zero-order valence-electron chi connectivity index (χ0n) is 8.18. The van der Waals surface area contributed by atoms with Crippen LogP contribution in [-0.2, 0) is 10.0 Å². The molecule has 0 amide bonds. The van der Waals surface area contributed by atoms with E-state index in [1.165, 1.54) is 12.3 Å². The van der Waals surface area contributed by atoms with Gasteiger partial charge in [0, 0.05) is 25.0 Å². The van der Waals surface area contributed by atoms with Crippen LogP contribution < -0.4 is 10.0 Å². The minimum atomic E-state index is -3.40. The third-order valence-electron chi connectivity index (χ3n) is 2.33. The van der Waals surface area contributed by atoms with Crippen LogP contribution in [-0.4, -0.2) is 32.5 Å². The first-order chi connectivity index (χ1) is 7.18. The summed E-state index contributed by atoms with van der Waals surface area (Å²) in [6.45, 7) is 1.56. The summed E-state index contributed by atoms with van der Waals surface area (Å²) < 4.78 is 26.3. The summed E-state index contributed by atoms with van der Waals surface area (Å²) in [6, 6.07) is 3.15. The second kappa shape index (κ2) is 4.26. The average molecular weight is 227 g/mol. The highest BCUT2D eigenvalue weighted by Crippen LogP contribution is 2.08. The van der Waals surface area contributed by atoms with Gasteiger partial charge in [0.2, 0.25) is 10.0 Å². The van der Waals surface area contributed by atoms with Crippen LogP contribution in [0.4, 0.5) is 0 Å². The maximum Gasteiger partial charge on any atom is 0.242 e. The molecular weight excluding hydrogens is 214 g/mol. The Morgan fingerprint density at radius 2 is 2.40 bits per heavy atom. The minimum absolute atomic E-state index is 0.00444. The molecule has 0 aromatic carbocycles. The molecule has 1 atom stereocenters. The molecular formula is C9H13N3O2S. The molecule has 0 radical (unpaired) electrons. The van der Waals surface area contributed by atoms with Crippen molar-refractivity contribution in [3.63, 3.8) is 0 Å². The van der Waals surface area contributed by atoms with Crippen molar-refractivity contribution in [1.29, 1.82) is 0 Å². The Morgan fingerprint density at radius 3 is 3.00 bits per heavy atom. The van der Waals surface area contributed by atoms with Crippen LogP contribution in [0, 0.1) is 0 Å². The fourth-order valence-electron chi connectivity index (χ4n) is 1.55. The van der Waals surface area contributed by atoms with Gasteiger partial charge in [-0.15, -0.1) is 0 Å². The topological polar surface area (TPSA) is 71.1 Å². The number of aromatic nitrogens is 1. The predicted octanol–water partition coefficient (Wildman–Crippen LogP) is -0.278. The summed E-state index contributed by atoms with van der Waals surface area (Å²) in [6.07, 6.45) is 3.74. The fraction of sp³-hybridized carbons (Fsp3) is 0.444. The van der Waals surface area contributed by atoms with E-state index < -0.39 is 10.0 Å². The van der Waals surface area contributed by atoms with Crippen molar-refractivity contribution in [2.24, 2.45) is 0 Å². The molecule has 82 valence electrons. The molecule has 1 saturated heterocycles. The van der Waals surface area contributed by atoms with E-state index in [1.807, 2.05) is 0 Å². The van der Waals surface area contributed by atoms with E-state index in [0.717, 1.165) is 13.0 Å². The Morgan fingerprint density at radius 1 is 1.53 bits per heavy atom. The van der Waals surface area contributed by atoms with Crippen molar-refractivity contribution >= 4 is 10.0 Å². The Kier molecular flexibility index (Phi) is 2.99. The molecule has 1 fully saturated rings. The Bertz CT molecular complexity index is 412. The lowest BCUT2D eigenvalue weighted by molar-refractivity contribution is 0.560. The molecule has 2 rings (SSSR count). The van der Waals surface area contributed by atoms with Gasteiger partial charge in [0.25, 0.3) is 0 Å². The Hall–Kier alpha value is -0.980. The highest BCUT2D eigenvalue weighted by atomic mass is 32.2. The highest BCUT2D eigenvalue weighted by Gasteiger charge is 2.22. The molecule has 15 heavy (non-hydrogen) atoms. The van der Waals surface area contributed by atoms with Gasteiger partial charge in [0.15, 0.2) is 0 Å². The second-order valence-corrected chi connectivity index (χ2v) is 5.21. The van der Waals surface area contributed by atoms with Crippen molar-refractivity contribution in [3.05, 3.63) is 24.5 Å². The first-order valence-corrected chi connectivity index (χ1v) is 6.30. The molecule has 5 nitrogen and oxygen atoms in total. The Labute approximate surface area is 89.0 Å². The van der Waals surface area contributed by atoms with Crippen LogP contribution in [0.1, 0.15) is 6.42 Å². The number of pyridine rings is 1. The zero-order chi connectivity index (χ0) is 10.7. The van der Waals surface area contributed by atoms with Crippen molar-refractivity contribution in [3.8, 4) is 0 Å². The maximum absolute atomic E-state index is 11.8. The van der Waals surface area contributed by atoms with Gasteiger partial charge in [0.1, 0.15) is 4.90 Å². The standard InChI is InChI=1S/C9H13N3O2S/c13-15(14,9-2-1-4-10-7-9)12-8-3-5-11-6-8/h1-2,4,7-8,11-12H,3,5-6H2/t8-/m1/s1. The molecule has 0 spiro atoms. The summed E-state index contributed by atoms with van der Waals surface area (Å²) in [4.78, 5) is 4.01. The number of rotatable bonds is 3. The summed E-state index contributed by atoms with van der Waals surface area (Å²) in [5.41, 5.74) is 0. The molecule has 1 aliphatic rings. The van der Waals surface area contributed by atoms with E-state index >= 15 is 0 Å². The third kappa shape index (κ3) is 2.53. The summed E-state index contributed by atoms with van der Waals surface area (Å²) >= 11 is 0. The number of hydrogen-bond acceptors (Lipinski definition) is 4. The molecule has 1 aliphatic heterocycles. The number of hydrogen-bond donors (Lipinski definition) is 2. The first-order valence-electron chi connectivity index (χ1n) is 4.81. The van der Waals surface area contributed by atoms with E-state index in [2.05, 4.69) is 15.0 Å². The van der Waals surface area contributed by atoms with Crippen molar-refractivity contribution < 1.29 is 8.42 Å². The van der Waals surface area contributed by atoms with Crippen molar-refractivity contribution in [1.82, 2.24) is 15.0 Å². The predicted molar refractivity (Wildman–Crippen MR) is 55.8 cm³/mol. The van der Waals surface area contributed by atoms with Crippen LogP contribution in [0.25, 0.3) is 0 Å². The first kappa shape index (κ1) is 10.5. The quantitative estimate of drug-likeness (QED) is 0.745. The monoisotopic (exact) mass is 227 g/mol. The Balaban J connectivity index is 2.13. The second-order valence-electron chi connectivity index (χ2n) is 3.50. The number of nitrogens with zero attached hydrogens (tertiary/aromatic N) is 1. The molecule has 0 aliphatic carbocycles.